The second-order valence-electron chi connectivity index (χ2n) is 19.3. The standard InChI is InChI=1S/C50H63N11O11S2/c1-49(2,3)71-47(62)52-29-37(30-53-48(63)72-50(4,5)6)56-73(64,65)42-24-23-41(60-27-10-26-58-28-25-51-46(58)60)43(45-54-57-61(55-45)33-36-15-21-40(70-9)22-16-36)44(42)74(66,67)59(31-34-11-17-38(68-7)18-12-34)32-35-13-19-39(69-8)20-14-35/h11-25,28,37,56H,10,26-27,29-33H2,1-9H3,(H,52,62)(H,53,63). The number of carbonyl (C=O) groups is 2. The van der Waals surface area contributed by atoms with E-state index < -0.39 is 72.4 Å². The molecule has 0 bridgehead atoms. The molecule has 396 valence electrons. The van der Waals surface area contributed by atoms with E-state index in [2.05, 4.69) is 30.7 Å². The number of carbonyl (C=O) groups excluding carboxylic acids is 2. The van der Waals surface area contributed by atoms with Crippen LogP contribution in [0.4, 0.5) is 21.2 Å². The number of hydrogen-bond acceptors (Lipinski definition) is 16. The second-order valence-corrected chi connectivity index (χ2v) is 22.8. The van der Waals surface area contributed by atoms with Gasteiger partial charge in [0.25, 0.3) is 0 Å². The van der Waals surface area contributed by atoms with Crippen molar-refractivity contribution in [1.29, 1.82) is 0 Å². The van der Waals surface area contributed by atoms with E-state index in [0.29, 0.717) is 53.8 Å². The maximum atomic E-state index is 16.3. The van der Waals surface area contributed by atoms with E-state index in [-0.39, 0.29) is 36.7 Å². The lowest BCUT2D eigenvalue weighted by Gasteiger charge is -2.32. The number of anilines is 2. The molecular weight excluding hydrogens is 995 g/mol. The van der Waals surface area contributed by atoms with Crippen LogP contribution in [0.5, 0.6) is 17.2 Å². The van der Waals surface area contributed by atoms with E-state index in [1.54, 1.807) is 127 Å². The van der Waals surface area contributed by atoms with Crippen LogP contribution >= 0.6 is 0 Å². The lowest BCUT2D eigenvalue weighted by atomic mass is 10.1. The largest absolute Gasteiger partial charge is 0.497 e. The third-order valence-electron chi connectivity index (χ3n) is 11.3. The van der Waals surface area contributed by atoms with Gasteiger partial charge in [0.2, 0.25) is 31.8 Å². The number of fused-ring (bicyclic) bond motifs is 1. The number of aryl methyl sites for hydroxylation is 1. The molecule has 3 heterocycles. The summed E-state index contributed by atoms with van der Waals surface area (Å²) in [4.78, 5) is 32.3. The number of benzene rings is 4. The van der Waals surface area contributed by atoms with Crippen molar-refractivity contribution >= 4 is 43.9 Å². The third kappa shape index (κ3) is 13.9. The first kappa shape index (κ1) is 54.5. The van der Waals surface area contributed by atoms with Gasteiger partial charge in [-0.1, -0.05) is 36.4 Å². The van der Waals surface area contributed by atoms with E-state index in [0.717, 1.165) is 5.56 Å². The number of amides is 2. The number of sulfonamides is 2. The number of methoxy groups -OCH3 is 3. The fourth-order valence-electron chi connectivity index (χ4n) is 7.92. The molecule has 0 spiro atoms. The Morgan fingerprint density at radius 2 is 1.22 bits per heavy atom. The molecule has 1 aliphatic rings. The van der Waals surface area contributed by atoms with Crippen LogP contribution in [0.25, 0.3) is 11.4 Å². The number of imidazole rings is 1. The van der Waals surface area contributed by atoms with Gasteiger partial charge in [0.15, 0.2) is 0 Å². The van der Waals surface area contributed by atoms with Crippen LogP contribution in [0.2, 0.25) is 0 Å². The summed E-state index contributed by atoms with van der Waals surface area (Å²) < 4.78 is 96.2. The van der Waals surface area contributed by atoms with Crippen LogP contribution in [0.3, 0.4) is 0 Å². The number of nitrogens with zero attached hydrogens (tertiary/aromatic N) is 8. The molecule has 0 atom stereocenters. The van der Waals surface area contributed by atoms with Gasteiger partial charge in [-0.3, -0.25) is 0 Å². The molecule has 3 N–H and O–H groups in total. The van der Waals surface area contributed by atoms with Gasteiger partial charge < -0.3 is 43.8 Å². The van der Waals surface area contributed by atoms with E-state index in [9.17, 15) is 9.59 Å². The molecule has 0 aliphatic carbocycles. The molecule has 1 aliphatic heterocycles. The van der Waals surface area contributed by atoms with Crippen molar-refractivity contribution in [3.05, 3.63) is 114 Å². The number of alkyl carbamates (subject to hydrolysis) is 2. The minimum absolute atomic E-state index is 0.0973. The van der Waals surface area contributed by atoms with Crippen molar-refractivity contribution in [1.82, 2.24) is 49.4 Å². The summed E-state index contributed by atoms with van der Waals surface area (Å²) in [5.41, 5.74) is 0.0799. The molecule has 0 saturated heterocycles. The molecule has 7 rings (SSSR count). The monoisotopic (exact) mass is 1060 g/mol. The second kappa shape index (κ2) is 22.9. The van der Waals surface area contributed by atoms with Crippen LogP contribution in [-0.4, -0.2) is 121 Å². The van der Waals surface area contributed by atoms with Gasteiger partial charge in [0, 0.05) is 51.7 Å². The summed E-state index contributed by atoms with van der Waals surface area (Å²) >= 11 is 0. The van der Waals surface area contributed by atoms with Gasteiger partial charge in [-0.2, -0.15) is 9.10 Å². The minimum atomic E-state index is -5.04. The fraction of sp³-hybridized carbons (Fsp3) is 0.400. The quantitative estimate of drug-likeness (QED) is 0.0765. The van der Waals surface area contributed by atoms with Crippen molar-refractivity contribution in [2.45, 2.75) is 101 Å². The lowest BCUT2D eigenvalue weighted by molar-refractivity contribution is 0.0517. The molecule has 0 saturated carbocycles. The molecule has 2 amide bonds. The molecule has 4 aromatic carbocycles. The van der Waals surface area contributed by atoms with Gasteiger partial charge in [-0.25, -0.2) is 36.1 Å². The predicted octanol–water partition coefficient (Wildman–Crippen LogP) is 6.24. The van der Waals surface area contributed by atoms with E-state index in [1.165, 1.54) is 35.5 Å². The molecule has 74 heavy (non-hydrogen) atoms. The SMILES string of the molecule is COc1ccc(CN(Cc2ccc(OC)cc2)S(=O)(=O)c2c(S(=O)(=O)NC(CNC(=O)OC(C)(C)C)CNC(=O)OC(C)(C)C)ccc(N3CCCn4ccnc43)c2-c2nnn(Cc3ccc(OC)cc3)n2)cc1. The smallest absolute Gasteiger partial charge is 0.407 e. The molecule has 0 unspecified atom stereocenters. The highest BCUT2D eigenvalue weighted by Gasteiger charge is 2.40. The van der Waals surface area contributed by atoms with E-state index in [4.69, 9.17) is 28.8 Å². The van der Waals surface area contributed by atoms with E-state index in [1.807, 2.05) is 16.7 Å². The number of tetrazole rings is 1. The van der Waals surface area contributed by atoms with Gasteiger partial charge in [0.1, 0.15) is 38.2 Å². The Kier molecular flexibility index (Phi) is 16.8. The topological polar surface area (TPSA) is 253 Å². The average Bonchev–Trinajstić information content (AvgIpc) is 4.04. The molecule has 6 aromatic rings. The van der Waals surface area contributed by atoms with Crippen molar-refractivity contribution in [2.24, 2.45) is 0 Å². The van der Waals surface area contributed by atoms with Crippen molar-refractivity contribution in [3.63, 3.8) is 0 Å². The summed E-state index contributed by atoms with van der Waals surface area (Å²) in [5, 5.41) is 18.7. The maximum absolute atomic E-state index is 16.3. The Morgan fingerprint density at radius 1 is 0.703 bits per heavy atom. The zero-order chi connectivity index (χ0) is 53.4. The number of rotatable bonds is 20. The average molecular weight is 1060 g/mol. The molecule has 2 aromatic heterocycles. The van der Waals surface area contributed by atoms with E-state index >= 15 is 16.8 Å². The van der Waals surface area contributed by atoms with Crippen LogP contribution in [0.1, 0.15) is 64.7 Å². The predicted molar refractivity (Wildman–Crippen MR) is 274 cm³/mol. The molecular formula is C50H63N11O11S2. The maximum Gasteiger partial charge on any atom is 0.407 e. The van der Waals surface area contributed by atoms with Gasteiger partial charge >= 0.3 is 12.2 Å². The highest BCUT2D eigenvalue weighted by molar-refractivity contribution is 7.92. The summed E-state index contributed by atoms with van der Waals surface area (Å²) in [6.07, 6.45) is 2.30. The Hall–Kier alpha value is -7.28. The lowest BCUT2D eigenvalue weighted by Crippen LogP contribution is -2.51. The van der Waals surface area contributed by atoms with Crippen LogP contribution in [0.15, 0.2) is 107 Å². The molecule has 22 nitrogen and oxygen atoms in total. The van der Waals surface area contributed by atoms with Crippen molar-refractivity contribution < 1.29 is 50.1 Å². The molecule has 0 radical (unpaired) electrons. The Labute approximate surface area is 431 Å². The first-order valence-electron chi connectivity index (χ1n) is 23.6. The fourth-order valence-corrected chi connectivity index (χ4v) is 11.6. The highest BCUT2D eigenvalue weighted by atomic mass is 32.2. The third-order valence-corrected chi connectivity index (χ3v) is 14.9. The Bertz CT molecular complexity index is 3040. The van der Waals surface area contributed by atoms with Crippen molar-refractivity contribution in [3.8, 4) is 28.6 Å². The summed E-state index contributed by atoms with van der Waals surface area (Å²) in [6, 6.07) is 22.2. The van der Waals surface area contributed by atoms with Gasteiger partial charge in [-0.05, 0) is 118 Å². The normalized spacial score (nSPS) is 13.1. The number of aromatic nitrogens is 6. The number of hydrogen-bond donors (Lipinski definition) is 3. The van der Waals surface area contributed by atoms with Crippen molar-refractivity contribution in [2.75, 3.05) is 45.9 Å². The summed E-state index contributed by atoms with van der Waals surface area (Å²) in [5.74, 6) is 1.96. The molecule has 24 heteroatoms. The zero-order valence-electron chi connectivity index (χ0n) is 42.9. The van der Waals surface area contributed by atoms with Crippen LogP contribution in [0, 0.1) is 0 Å². The number of nitrogens with one attached hydrogen (secondary N) is 3. The van der Waals surface area contributed by atoms with Crippen LogP contribution < -0.4 is 34.5 Å². The first-order chi connectivity index (χ1) is 35.0. The molecule has 0 fully saturated rings. The summed E-state index contributed by atoms with van der Waals surface area (Å²) in [6.45, 7) is 9.71. The highest BCUT2D eigenvalue weighted by Crippen LogP contribution is 2.44. The summed E-state index contributed by atoms with van der Waals surface area (Å²) in [7, 11) is -5.48. The first-order valence-corrected chi connectivity index (χ1v) is 26.6. The number of ether oxygens (including phenoxy) is 5. The van der Waals surface area contributed by atoms with Crippen LogP contribution in [-0.2, 0) is 55.7 Å². The Balaban J connectivity index is 1.45. The minimum Gasteiger partial charge on any atom is -0.497 e. The van der Waals surface area contributed by atoms with Gasteiger partial charge in [-0.15, -0.1) is 10.2 Å². The zero-order valence-corrected chi connectivity index (χ0v) is 44.5. The van der Waals surface area contributed by atoms with Gasteiger partial charge in [0.05, 0.1) is 45.2 Å². The Morgan fingerprint density at radius 3 is 1.72 bits per heavy atom.